The monoisotopic (exact) mass is 599 g/mol. The minimum absolute atomic E-state index is 0.00710. The molecule has 0 aliphatic carbocycles. The van der Waals surface area contributed by atoms with Gasteiger partial charge in [-0.25, -0.2) is 0 Å². The topological polar surface area (TPSA) is 53.1 Å². The molecule has 2 aromatic carbocycles. The average Bonchev–Trinajstić information content (AvgIpc) is 3.36. The van der Waals surface area contributed by atoms with Crippen LogP contribution in [0.2, 0.25) is 10.0 Å². The first-order chi connectivity index (χ1) is 18.8. The molecule has 0 spiro atoms. The van der Waals surface area contributed by atoms with Crippen LogP contribution < -0.4 is 4.74 Å². The van der Waals surface area contributed by atoms with Gasteiger partial charge in [0, 0.05) is 58.0 Å². The molecule has 0 aromatic heterocycles. The smallest absolute Gasteiger partial charge is 0.416 e. The first-order valence-corrected chi connectivity index (χ1v) is 14.1. The van der Waals surface area contributed by atoms with Crippen LogP contribution >= 0.6 is 23.2 Å². The summed E-state index contributed by atoms with van der Waals surface area (Å²) in [4.78, 5) is 30.8. The fourth-order valence-electron chi connectivity index (χ4n) is 5.64. The van der Waals surface area contributed by atoms with Gasteiger partial charge < -0.3 is 14.5 Å². The Kier molecular flexibility index (Phi) is 9.58. The largest absolute Gasteiger partial charge is 0.490 e. The second kappa shape index (κ2) is 12.6. The Balaban J connectivity index is 1.45. The third-order valence-corrected chi connectivity index (χ3v) is 8.90. The summed E-state index contributed by atoms with van der Waals surface area (Å²) in [6, 6.07) is 10.2. The van der Waals surface area contributed by atoms with Gasteiger partial charge in [-0.3, -0.25) is 14.5 Å². The number of hydrogen-bond donors (Lipinski definition) is 0. The molecule has 0 saturated carbocycles. The lowest BCUT2D eigenvalue weighted by Crippen LogP contribution is -2.48. The van der Waals surface area contributed by atoms with E-state index in [1.165, 1.54) is 12.1 Å². The summed E-state index contributed by atoms with van der Waals surface area (Å²) in [5, 5.41) is 0.846. The van der Waals surface area contributed by atoms with E-state index in [0.717, 1.165) is 43.6 Å². The molecule has 2 saturated heterocycles. The quantitative estimate of drug-likeness (QED) is 0.394. The van der Waals surface area contributed by atoms with Crippen LogP contribution in [0, 0.1) is 5.92 Å². The maximum atomic E-state index is 13.4. The molecule has 2 aromatic rings. The summed E-state index contributed by atoms with van der Waals surface area (Å²) >= 11 is 12.5. The molecule has 2 aliphatic rings. The van der Waals surface area contributed by atoms with Crippen LogP contribution in [-0.4, -0.2) is 78.4 Å². The molecule has 2 fully saturated rings. The zero-order valence-corrected chi connectivity index (χ0v) is 24.3. The van der Waals surface area contributed by atoms with Crippen molar-refractivity contribution in [3.8, 4) is 5.75 Å². The number of carbonyl (C=O) groups is 2. The van der Waals surface area contributed by atoms with Crippen LogP contribution in [0.5, 0.6) is 5.75 Å². The summed E-state index contributed by atoms with van der Waals surface area (Å²) in [6.07, 6.45) is -3.19. The van der Waals surface area contributed by atoms with Gasteiger partial charge in [0.25, 0.3) is 0 Å². The van der Waals surface area contributed by atoms with Crippen molar-refractivity contribution in [1.29, 1.82) is 0 Å². The molecule has 2 aliphatic heterocycles. The molecular formula is C29H34Cl2F3N3O3. The second-order valence-electron chi connectivity index (χ2n) is 10.7. The van der Waals surface area contributed by atoms with E-state index in [1.807, 2.05) is 24.9 Å². The molecule has 0 N–H and O–H groups in total. The van der Waals surface area contributed by atoms with E-state index in [-0.39, 0.29) is 36.2 Å². The molecule has 11 heteroatoms. The number of halogens is 5. The lowest BCUT2D eigenvalue weighted by molar-refractivity contribution is -0.137. The Morgan fingerprint density at radius 1 is 1.05 bits per heavy atom. The molecule has 3 atom stereocenters. The molecule has 40 heavy (non-hydrogen) atoms. The van der Waals surface area contributed by atoms with E-state index in [2.05, 4.69) is 4.90 Å². The van der Waals surface area contributed by atoms with Gasteiger partial charge in [-0.15, -0.1) is 0 Å². The number of hydrogen-bond acceptors (Lipinski definition) is 4. The highest BCUT2D eigenvalue weighted by molar-refractivity contribution is 6.42. The van der Waals surface area contributed by atoms with Gasteiger partial charge in [0.15, 0.2) is 0 Å². The van der Waals surface area contributed by atoms with Crippen molar-refractivity contribution >= 4 is 35.0 Å². The molecule has 4 rings (SSSR count). The number of amides is 2. The highest BCUT2D eigenvalue weighted by Crippen LogP contribution is 2.39. The third-order valence-electron chi connectivity index (χ3n) is 8.16. The summed E-state index contributed by atoms with van der Waals surface area (Å²) in [6.45, 7) is 6.08. The summed E-state index contributed by atoms with van der Waals surface area (Å²) in [5.74, 6) is 0.152. The number of carbonyl (C=O) groups excluding carboxylic acids is 2. The molecule has 2 amide bonds. The van der Waals surface area contributed by atoms with E-state index in [1.54, 1.807) is 24.0 Å². The van der Waals surface area contributed by atoms with E-state index < -0.39 is 17.8 Å². The van der Waals surface area contributed by atoms with E-state index in [4.69, 9.17) is 27.9 Å². The second-order valence-corrected chi connectivity index (χ2v) is 11.5. The van der Waals surface area contributed by atoms with Gasteiger partial charge in [0.2, 0.25) is 11.8 Å². The number of alkyl halides is 3. The van der Waals surface area contributed by atoms with Crippen molar-refractivity contribution < 1.29 is 27.5 Å². The first kappa shape index (κ1) is 30.5. The van der Waals surface area contributed by atoms with Crippen molar-refractivity contribution in [2.75, 3.05) is 39.8 Å². The zero-order valence-electron chi connectivity index (χ0n) is 22.8. The maximum absolute atomic E-state index is 13.4. The van der Waals surface area contributed by atoms with Gasteiger partial charge >= 0.3 is 6.18 Å². The van der Waals surface area contributed by atoms with E-state index >= 15 is 0 Å². The number of likely N-dealkylation sites (tertiary alicyclic amines) is 2. The zero-order chi connectivity index (χ0) is 29.2. The summed E-state index contributed by atoms with van der Waals surface area (Å²) in [7, 11) is 1.81. The van der Waals surface area contributed by atoms with Gasteiger partial charge in [0.05, 0.1) is 22.2 Å². The van der Waals surface area contributed by atoms with Crippen LogP contribution in [0.15, 0.2) is 42.5 Å². The number of nitrogens with zero attached hydrogens (tertiary/aromatic N) is 3. The Morgan fingerprint density at radius 2 is 1.70 bits per heavy atom. The normalized spacial score (nSPS) is 21.4. The number of benzene rings is 2. The number of ether oxygens (including phenoxy) is 1. The summed E-state index contributed by atoms with van der Waals surface area (Å²) in [5.41, 5.74) is 0.182. The van der Waals surface area contributed by atoms with Crippen molar-refractivity contribution in [2.45, 2.75) is 50.9 Å². The van der Waals surface area contributed by atoms with E-state index in [9.17, 15) is 22.8 Å². The molecule has 0 radical (unpaired) electrons. The molecule has 2 heterocycles. The predicted octanol–water partition coefficient (Wildman–Crippen LogP) is 5.96. The standard InChI is InChI=1S/C29H34Cl2F3N3O3/c1-18(40-23-7-5-21(6-8-23)29(32,33)34)24-15-37(16-25(24)20-4-9-26(30)27(31)14-20)28(39)17-36-12-10-22(11-13-36)35(3)19(2)38/h4-9,14,18,22,24-25H,10-13,15-17H2,1-3H3/t18?,24-,25-/m0/s1. The first-order valence-electron chi connectivity index (χ1n) is 13.4. The van der Waals surface area contributed by atoms with Crippen molar-refractivity contribution in [1.82, 2.24) is 14.7 Å². The number of piperidine rings is 1. The average molecular weight is 601 g/mol. The third kappa shape index (κ3) is 7.22. The van der Waals surface area contributed by atoms with Crippen molar-refractivity contribution in [3.05, 3.63) is 63.6 Å². The molecule has 6 nitrogen and oxygen atoms in total. The Morgan fingerprint density at radius 3 is 2.27 bits per heavy atom. The maximum Gasteiger partial charge on any atom is 0.416 e. The lowest BCUT2D eigenvalue weighted by Gasteiger charge is -2.36. The molecule has 218 valence electrons. The Hall–Kier alpha value is -2.49. The van der Waals surface area contributed by atoms with Crippen molar-refractivity contribution in [3.63, 3.8) is 0 Å². The highest BCUT2D eigenvalue weighted by atomic mass is 35.5. The van der Waals surface area contributed by atoms with Crippen molar-refractivity contribution in [2.24, 2.45) is 5.92 Å². The van der Waals surface area contributed by atoms with E-state index in [0.29, 0.717) is 28.9 Å². The highest BCUT2D eigenvalue weighted by Gasteiger charge is 2.41. The SMILES string of the molecule is CC(=O)N(C)C1CCN(CC(=O)N2C[C@@H](c3ccc(Cl)c(Cl)c3)[C@H](C(C)Oc3ccc(C(F)(F)F)cc3)C2)CC1. The fraction of sp³-hybridized carbons (Fsp3) is 0.517. The predicted molar refractivity (Wildman–Crippen MR) is 149 cm³/mol. The lowest BCUT2D eigenvalue weighted by atomic mass is 9.85. The van der Waals surface area contributed by atoms with Gasteiger partial charge in [-0.1, -0.05) is 29.3 Å². The number of rotatable bonds is 7. The van der Waals surface area contributed by atoms with Crippen LogP contribution in [0.3, 0.4) is 0 Å². The summed E-state index contributed by atoms with van der Waals surface area (Å²) < 4.78 is 45.0. The van der Waals surface area contributed by atoms with Gasteiger partial charge in [-0.2, -0.15) is 13.2 Å². The molecule has 1 unspecified atom stereocenters. The fourth-order valence-corrected chi connectivity index (χ4v) is 5.95. The Bertz CT molecular complexity index is 1200. The minimum Gasteiger partial charge on any atom is -0.490 e. The van der Waals surface area contributed by atoms with Crippen LogP contribution in [-0.2, 0) is 15.8 Å². The van der Waals surface area contributed by atoms with Gasteiger partial charge in [-0.05, 0) is 61.7 Å². The minimum atomic E-state index is -4.42. The van der Waals surface area contributed by atoms with Crippen LogP contribution in [0.25, 0.3) is 0 Å². The van der Waals surface area contributed by atoms with Crippen LogP contribution in [0.1, 0.15) is 43.7 Å². The molecular weight excluding hydrogens is 566 g/mol. The van der Waals surface area contributed by atoms with Crippen LogP contribution in [0.4, 0.5) is 13.2 Å². The molecule has 0 bridgehead atoms. The van der Waals surface area contributed by atoms with Gasteiger partial charge in [0.1, 0.15) is 11.9 Å². The Labute approximate surface area is 243 Å².